The van der Waals surface area contributed by atoms with Gasteiger partial charge in [-0.3, -0.25) is 9.59 Å². The number of carbonyl (C=O) groups is 2. The summed E-state index contributed by atoms with van der Waals surface area (Å²) < 4.78 is 19.8. The van der Waals surface area contributed by atoms with Crippen molar-refractivity contribution in [1.82, 2.24) is 4.90 Å². The topological polar surface area (TPSA) is 61.9 Å². The zero-order chi connectivity index (χ0) is 24.6. The van der Waals surface area contributed by atoms with Crippen LogP contribution in [0.3, 0.4) is 0 Å². The van der Waals surface area contributed by atoms with Crippen LogP contribution in [-0.2, 0) is 9.59 Å². The van der Waals surface area contributed by atoms with Gasteiger partial charge in [0.1, 0.15) is 17.3 Å². The summed E-state index contributed by atoms with van der Waals surface area (Å²) in [5.74, 6) is 0.991. The van der Waals surface area contributed by atoms with E-state index >= 15 is 0 Å². The van der Waals surface area contributed by atoms with Gasteiger partial charge in [0.05, 0.1) is 5.69 Å². The van der Waals surface area contributed by atoms with Crippen molar-refractivity contribution < 1.29 is 18.7 Å². The number of hydrogen-bond acceptors (Lipinski definition) is 4. The molecular formula is C28H30FN3O3. The number of benzene rings is 3. The van der Waals surface area contributed by atoms with Crippen LogP contribution in [0, 0.1) is 11.7 Å². The Morgan fingerprint density at radius 2 is 1.49 bits per heavy atom. The van der Waals surface area contributed by atoms with Gasteiger partial charge in [0.15, 0.2) is 0 Å². The van der Waals surface area contributed by atoms with E-state index in [1.165, 1.54) is 6.07 Å². The monoisotopic (exact) mass is 475 g/mol. The predicted octanol–water partition coefficient (Wildman–Crippen LogP) is 5.32. The zero-order valence-corrected chi connectivity index (χ0v) is 19.8. The van der Waals surface area contributed by atoms with Crippen LogP contribution in [0.25, 0.3) is 0 Å². The second-order valence-electron chi connectivity index (χ2n) is 8.82. The van der Waals surface area contributed by atoms with Gasteiger partial charge >= 0.3 is 0 Å². The molecule has 3 aromatic carbocycles. The van der Waals surface area contributed by atoms with Gasteiger partial charge in [-0.2, -0.15) is 0 Å². The molecule has 35 heavy (non-hydrogen) atoms. The number of amides is 2. The molecule has 2 amide bonds. The molecule has 1 aliphatic rings. The number of ether oxygens (including phenoxy) is 1. The van der Waals surface area contributed by atoms with Crippen LogP contribution in [0.2, 0.25) is 0 Å². The molecule has 7 heteroatoms. The van der Waals surface area contributed by atoms with Crippen molar-refractivity contribution in [2.75, 3.05) is 36.4 Å². The average molecular weight is 476 g/mol. The second-order valence-corrected chi connectivity index (χ2v) is 8.82. The molecule has 1 N–H and O–H groups in total. The van der Waals surface area contributed by atoms with Gasteiger partial charge < -0.3 is 19.9 Å². The van der Waals surface area contributed by atoms with Gasteiger partial charge in [0, 0.05) is 44.7 Å². The highest BCUT2D eigenvalue weighted by atomic mass is 19.1. The first-order valence-corrected chi connectivity index (χ1v) is 11.9. The van der Waals surface area contributed by atoms with Gasteiger partial charge in [0.25, 0.3) is 0 Å². The number of hydrogen-bond donors (Lipinski definition) is 1. The summed E-state index contributed by atoms with van der Waals surface area (Å²) >= 11 is 0. The number of rotatable bonds is 8. The van der Waals surface area contributed by atoms with E-state index in [-0.39, 0.29) is 30.0 Å². The van der Waals surface area contributed by atoms with Crippen molar-refractivity contribution >= 4 is 23.2 Å². The van der Waals surface area contributed by atoms with E-state index in [1.54, 1.807) is 41.3 Å². The summed E-state index contributed by atoms with van der Waals surface area (Å²) in [5.41, 5.74) is 1.25. The van der Waals surface area contributed by atoms with E-state index in [9.17, 15) is 14.0 Å². The Kier molecular flexibility index (Phi) is 7.98. The third-order valence-corrected chi connectivity index (χ3v) is 6.00. The third-order valence-electron chi connectivity index (χ3n) is 6.00. The third kappa shape index (κ3) is 6.82. The molecule has 0 saturated carbocycles. The molecule has 0 aliphatic carbocycles. The number of anilines is 2. The summed E-state index contributed by atoms with van der Waals surface area (Å²) in [6.45, 7) is 4.17. The molecule has 1 saturated heterocycles. The Hall–Kier alpha value is -3.87. The highest BCUT2D eigenvalue weighted by molar-refractivity contribution is 5.91. The quantitative estimate of drug-likeness (QED) is 0.479. The first-order valence-electron chi connectivity index (χ1n) is 11.9. The summed E-state index contributed by atoms with van der Waals surface area (Å²) in [5, 5.41) is 2.88. The van der Waals surface area contributed by atoms with Gasteiger partial charge in [-0.15, -0.1) is 0 Å². The fourth-order valence-corrected chi connectivity index (χ4v) is 4.16. The number of nitrogens with zero attached hydrogens (tertiary/aromatic N) is 2. The molecule has 0 aromatic heterocycles. The first-order chi connectivity index (χ1) is 17.0. The number of nitrogens with one attached hydrogen (secondary N) is 1. The minimum absolute atomic E-state index is 0.0286. The molecular weight excluding hydrogens is 445 g/mol. The molecule has 182 valence electrons. The fraction of sp³-hybridized carbons (Fsp3) is 0.286. The Bertz CT molecular complexity index is 1130. The molecule has 1 aliphatic heterocycles. The molecule has 1 fully saturated rings. The molecule has 4 rings (SSSR count). The smallest absolute Gasteiger partial charge is 0.224 e. The average Bonchev–Trinajstić information content (AvgIpc) is 2.86. The number of carbonyl (C=O) groups excluding carboxylic acids is 2. The largest absolute Gasteiger partial charge is 0.457 e. The molecule has 0 spiro atoms. The predicted molar refractivity (Wildman–Crippen MR) is 135 cm³/mol. The molecule has 6 nitrogen and oxygen atoms in total. The maximum absolute atomic E-state index is 14.0. The Morgan fingerprint density at radius 1 is 0.857 bits per heavy atom. The normalized spacial score (nSPS) is 14.3. The van der Waals surface area contributed by atoms with Gasteiger partial charge in [-0.25, -0.2) is 4.39 Å². The van der Waals surface area contributed by atoms with Gasteiger partial charge in [-0.05, 0) is 54.4 Å². The molecule has 0 bridgehead atoms. The Morgan fingerprint density at radius 3 is 2.17 bits per heavy atom. The molecule has 1 heterocycles. The van der Waals surface area contributed by atoms with E-state index in [2.05, 4.69) is 5.32 Å². The first kappa shape index (κ1) is 24.3. The highest BCUT2D eigenvalue weighted by Gasteiger charge is 2.24. The summed E-state index contributed by atoms with van der Waals surface area (Å²) in [4.78, 5) is 29.0. The number of halogens is 1. The second kappa shape index (κ2) is 11.5. The van der Waals surface area contributed by atoms with Crippen molar-refractivity contribution in [1.29, 1.82) is 0 Å². The van der Waals surface area contributed by atoms with Crippen molar-refractivity contribution in [3.63, 3.8) is 0 Å². The van der Waals surface area contributed by atoms with Crippen LogP contribution >= 0.6 is 0 Å². The lowest BCUT2D eigenvalue weighted by Gasteiger charge is -2.36. The lowest BCUT2D eigenvalue weighted by Crippen LogP contribution is -2.49. The molecule has 0 unspecified atom stereocenters. The van der Waals surface area contributed by atoms with E-state index in [1.807, 2.05) is 48.2 Å². The van der Waals surface area contributed by atoms with Crippen LogP contribution in [0.15, 0.2) is 78.9 Å². The molecule has 0 radical (unpaired) electrons. The van der Waals surface area contributed by atoms with Crippen LogP contribution in [-0.4, -0.2) is 42.9 Å². The van der Waals surface area contributed by atoms with E-state index < -0.39 is 0 Å². The maximum Gasteiger partial charge on any atom is 0.224 e. The standard InChI is InChI=1S/C28H30FN3O3/c1-21(20-28(34)32-17-15-31(16-18-32)26-10-6-5-9-25(26)29)19-27(33)30-22-11-13-24(14-12-22)35-23-7-3-2-4-8-23/h2-14,21H,15-20H2,1H3,(H,30,33)/t21-/m1/s1. The minimum Gasteiger partial charge on any atom is -0.457 e. The fourth-order valence-electron chi connectivity index (χ4n) is 4.16. The lowest BCUT2D eigenvalue weighted by atomic mass is 10.0. The maximum atomic E-state index is 14.0. The van der Waals surface area contributed by atoms with Gasteiger partial charge in [-0.1, -0.05) is 37.3 Å². The summed E-state index contributed by atoms with van der Waals surface area (Å²) in [6, 6.07) is 23.4. The van der Waals surface area contributed by atoms with Crippen LogP contribution in [0.5, 0.6) is 11.5 Å². The molecule has 1 atom stereocenters. The number of piperazine rings is 1. The highest BCUT2D eigenvalue weighted by Crippen LogP contribution is 2.24. The van der Waals surface area contributed by atoms with Crippen molar-refractivity contribution in [3.05, 3.63) is 84.7 Å². The zero-order valence-electron chi connectivity index (χ0n) is 19.8. The molecule has 3 aromatic rings. The van der Waals surface area contributed by atoms with Crippen molar-refractivity contribution in [2.45, 2.75) is 19.8 Å². The summed E-state index contributed by atoms with van der Waals surface area (Å²) in [7, 11) is 0. The van der Waals surface area contributed by atoms with E-state index in [4.69, 9.17) is 4.74 Å². The minimum atomic E-state index is -0.245. The summed E-state index contributed by atoms with van der Waals surface area (Å²) in [6.07, 6.45) is 0.556. The number of para-hydroxylation sites is 2. The van der Waals surface area contributed by atoms with Crippen molar-refractivity contribution in [2.24, 2.45) is 5.92 Å². The SMILES string of the molecule is C[C@H](CC(=O)Nc1ccc(Oc2ccccc2)cc1)CC(=O)N1CCN(c2ccccc2F)CC1. The van der Waals surface area contributed by atoms with Crippen LogP contribution in [0.1, 0.15) is 19.8 Å². The van der Waals surface area contributed by atoms with Crippen LogP contribution < -0.4 is 15.0 Å². The van der Waals surface area contributed by atoms with E-state index in [0.717, 1.165) is 5.75 Å². The lowest BCUT2D eigenvalue weighted by molar-refractivity contribution is -0.132. The Balaban J connectivity index is 1.20. The van der Waals surface area contributed by atoms with Gasteiger partial charge in [0.2, 0.25) is 11.8 Å². The van der Waals surface area contributed by atoms with Crippen molar-refractivity contribution in [3.8, 4) is 11.5 Å². The van der Waals surface area contributed by atoms with E-state index in [0.29, 0.717) is 49.7 Å². The van der Waals surface area contributed by atoms with Crippen LogP contribution in [0.4, 0.5) is 15.8 Å². The Labute approximate surface area is 205 Å².